The average Bonchev–Trinajstić information content (AvgIpc) is 2.94. The summed E-state index contributed by atoms with van der Waals surface area (Å²) in [6.45, 7) is 2.60. The van der Waals surface area contributed by atoms with Crippen LogP contribution in [0.25, 0.3) is 10.9 Å². The molecule has 4 heteroatoms. The van der Waals surface area contributed by atoms with Crippen molar-refractivity contribution in [2.24, 2.45) is 11.7 Å². The van der Waals surface area contributed by atoms with Gasteiger partial charge in [0.25, 0.3) is 0 Å². The number of nitriles is 1. The second kappa shape index (κ2) is 4.87. The maximum Gasteiger partial charge on any atom is 0.103 e. The van der Waals surface area contributed by atoms with Gasteiger partial charge in [-0.05, 0) is 24.9 Å². The van der Waals surface area contributed by atoms with Gasteiger partial charge in [0.05, 0.1) is 16.8 Å². The molecule has 19 heavy (non-hydrogen) atoms. The average molecular weight is 252 g/mol. The Morgan fingerprint density at radius 3 is 3.00 bits per heavy atom. The number of para-hydroxylation sites is 1. The molecule has 1 saturated heterocycles. The van der Waals surface area contributed by atoms with Crippen LogP contribution >= 0.6 is 0 Å². The third-order valence-electron chi connectivity index (χ3n) is 3.80. The molecule has 3 rings (SSSR count). The standard InChI is InChI=1S/C15H16N4/c16-7-11-5-6-19(10-11)15-12(8-17)9-18-14-4-2-1-3-13(14)15/h1-4,9,11H,5-7,10,16H2. The van der Waals surface area contributed by atoms with Crippen LogP contribution in [0.3, 0.4) is 0 Å². The lowest BCUT2D eigenvalue weighted by Gasteiger charge is -2.21. The Bertz CT molecular complexity index is 644. The number of aromatic nitrogens is 1. The van der Waals surface area contributed by atoms with Crippen LogP contribution in [0, 0.1) is 17.2 Å². The van der Waals surface area contributed by atoms with Gasteiger partial charge in [-0.2, -0.15) is 5.26 Å². The van der Waals surface area contributed by atoms with Gasteiger partial charge in [-0.15, -0.1) is 0 Å². The van der Waals surface area contributed by atoms with Crippen molar-refractivity contribution < 1.29 is 0 Å². The van der Waals surface area contributed by atoms with Crippen molar-refractivity contribution >= 4 is 16.6 Å². The zero-order chi connectivity index (χ0) is 13.2. The Morgan fingerprint density at radius 2 is 2.26 bits per heavy atom. The van der Waals surface area contributed by atoms with E-state index in [2.05, 4.69) is 16.0 Å². The molecule has 0 bridgehead atoms. The van der Waals surface area contributed by atoms with Crippen LogP contribution < -0.4 is 10.6 Å². The molecule has 1 aromatic carbocycles. The van der Waals surface area contributed by atoms with Gasteiger partial charge in [0.2, 0.25) is 0 Å². The van der Waals surface area contributed by atoms with E-state index in [0.717, 1.165) is 36.1 Å². The zero-order valence-corrected chi connectivity index (χ0v) is 10.7. The van der Waals surface area contributed by atoms with Gasteiger partial charge >= 0.3 is 0 Å². The first-order valence-electron chi connectivity index (χ1n) is 6.56. The van der Waals surface area contributed by atoms with E-state index < -0.39 is 0 Å². The lowest BCUT2D eigenvalue weighted by atomic mass is 10.1. The van der Waals surface area contributed by atoms with Gasteiger partial charge in [0.1, 0.15) is 6.07 Å². The van der Waals surface area contributed by atoms with E-state index in [9.17, 15) is 5.26 Å². The number of rotatable bonds is 2. The Labute approximate surface area is 112 Å². The van der Waals surface area contributed by atoms with E-state index in [0.29, 0.717) is 18.0 Å². The number of benzene rings is 1. The van der Waals surface area contributed by atoms with E-state index in [1.807, 2.05) is 24.3 Å². The molecule has 1 unspecified atom stereocenters. The molecule has 0 radical (unpaired) electrons. The molecule has 96 valence electrons. The minimum Gasteiger partial charge on any atom is -0.370 e. The summed E-state index contributed by atoms with van der Waals surface area (Å²) in [5.74, 6) is 0.526. The Kier molecular flexibility index (Phi) is 3.06. The first-order chi connectivity index (χ1) is 9.33. The molecule has 0 spiro atoms. The molecule has 4 nitrogen and oxygen atoms in total. The van der Waals surface area contributed by atoms with Crippen molar-refractivity contribution in [3.05, 3.63) is 36.0 Å². The predicted octanol–water partition coefficient (Wildman–Crippen LogP) is 1.89. The Hall–Kier alpha value is -2.12. The summed E-state index contributed by atoms with van der Waals surface area (Å²) in [6.07, 6.45) is 2.77. The molecule has 2 aromatic rings. The predicted molar refractivity (Wildman–Crippen MR) is 75.8 cm³/mol. The first kappa shape index (κ1) is 11.9. The van der Waals surface area contributed by atoms with Crippen LogP contribution in [0.5, 0.6) is 0 Å². The molecule has 1 atom stereocenters. The Balaban J connectivity index is 2.13. The number of anilines is 1. The van der Waals surface area contributed by atoms with Crippen LogP contribution in [0.2, 0.25) is 0 Å². The van der Waals surface area contributed by atoms with Crippen LogP contribution in [-0.4, -0.2) is 24.6 Å². The van der Waals surface area contributed by atoms with Crippen molar-refractivity contribution in [2.45, 2.75) is 6.42 Å². The highest BCUT2D eigenvalue weighted by Gasteiger charge is 2.24. The van der Waals surface area contributed by atoms with Crippen molar-refractivity contribution in [1.29, 1.82) is 5.26 Å². The fourth-order valence-corrected chi connectivity index (χ4v) is 2.78. The molecular weight excluding hydrogens is 236 g/mol. The van der Waals surface area contributed by atoms with Crippen molar-refractivity contribution in [3.63, 3.8) is 0 Å². The number of nitrogens with two attached hydrogens (primary N) is 1. The Morgan fingerprint density at radius 1 is 1.42 bits per heavy atom. The third-order valence-corrected chi connectivity index (χ3v) is 3.80. The zero-order valence-electron chi connectivity index (χ0n) is 10.7. The molecule has 0 aliphatic carbocycles. The highest BCUT2D eigenvalue weighted by atomic mass is 15.2. The van der Waals surface area contributed by atoms with E-state index in [4.69, 9.17) is 5.73 Å². The number of hydrogen-bond donors (Lipinski definition) is 1. The van der Waals surface area contributed by atoms with Gasteiger partial charge in [0, 0.05) is 24.7 Å². The van der Waals surface area contributed by atoms with Gasteiger partial charge in [0.15, 0.2) is 0 Å². The molecule has 1 aliphatic rings. The monoisotopic (exact) mass is 252 g/mol. The number of fused-ring (bicyclic) bond motifs is 1. The second-order valence-electron chi connectivity index (χ2n) is 4.99. The van der Waals surface area contributed by atoms with E-state index in [1.165, 1.54) is 0 Å². The summed E-state index contributed by atoms with van der Waals surface area (Å²) in [5.41, 5.74) is 8.36. The van der Waals surface area contributed by atoms with Gasteiger partial charge < -0.3 is 10.6 Å². The van der Waals surface area contributed by atoms with Crippen molar-refractivity contribution in [1.82, 2.24) is 4.98 Å². The maximum atomic E-state index is 9.32. The fraction of sp³-hybridized carbons (Fsp3) is 0.333. The molecular formula is C15H16N4. The maximum absolute atomic E-state index is 9.32. The molecule has 2 heterocycles. The number of nitrogens with zero attached hydrogens (tertiary/aromatic N) is 3. The molecule has 2 N–H and O–H groups in total. The van der Waals surface area contributed by atoms with Crippen LogP contribution in [-0.2, 0) is 0 Å². The fourth-order valence-electron chi connectivity index (χ4n) is 2.78. The first-order valence-corrected chi connectivity index (χ1v) is 6.56. The van der Waals surface area contributed by atoms with Crippen molar-refractivity contribution in [3.8, 4) is 6.07 Å². The summed E-state index contributed by atoms with van der Waals surface area (Å²) < 4.78 is 0. The normalized spacial score (nSPS) is 18.7. The van der Waals surface area contributed by atoms with Crippen LogP contribution in [0.4, 0.5) is 5.69 Å². The van der Waals surface area contributed by atoms with E-state index in [-0.39, 0.29) is 0 Å². The molecule has 1 aliphatic heterocycles. The highest BCUT2D eigenvalue weighted by Crippen LogP contribution is 2.32. The molecule has 0 saturated carbocycles. The van der Waals surface area contributed by atoms with Crippen molar-refractivity contribution in [2.75, 3.05) is 24.5 Å². The third kappa shape index (κ3) is 2.02. The van der Waals surface area contributed by atoms with Gasteiger partial charge in [-0.25, -0.2) is 0 Å². The lowest BCUT2D eigenvalue weighted by Crippen LogP contribution is -2.23. The van der Waals surface area contributed by atoms with Gasteiger partial charge in [-0.1, -0.05) is 18.2 Å². The molecule has 0 amide bonds. The summed E-state index contributed by atoms with van der Waals surface area (Å²) in [5, 5.41) is 10.4. The van der Waals surface area contributed by atoms with Gasteiger partial charge in [-0.3, -0.25) is 4.98 Å². The van der Waals surface area contributed by atoms with Crippen LogP contribution in [0.1, 0.15) is 12.0 Å². The minimum atomic E-state index is 0.526. The quantitative estimate of drug-likeness (QED) is 0.886. The largest absolute Gasteiger partial charge is 0.370 e. The minimum absolute atomic E-state index is 0.526. The topological polar surface area (TPSA) is 65.9 Å². The van der Waals surface area contributed by atoms with E-state index >= 15 is 0 Å². The number of hydrogen-bond acceptors (Lipinski definition) is 4. The smallest absolute Gasteiger partial charge is 0.103 e. The lowest BCUT2D eigenvalue weighted by molar-refractivity contribution is 0.603. The summed E-state index contributed by atoms with van der Waals surface area (Å²) in [7, 11) is 0. The summed E-state index contributed by atoms with van der Waals surface area (Å²) in [6, 6.07) is 10.2. The SMILES string of the molecule is N#Cc1cnc2ccccc2c1N1CCC(CN)C1. The van der Waals surface area contributed by atoms with E-state index in [1.54, 1.807) is 6.20 Å². The van der Waals surface area contributed by atoms with Crippen LogP contribution in [0.15, 0.2) is 30.5 Å². The second-order valence-corrected chi connectivity index (χ2v) is 4.99. The molecule has 1 fully saturated rings. The summed E-state index contributed by atoms with van der Waals surface area (Å²) in [4.78, 5) is 6.63. The summed E-state index contributed by atoms with van der Waals surface area (Å²) >= 11 is 0. The highest BCUT2D eigenvalue weighted by molar-refractivity contribution is 5.94. The number of pyridine rings is 1. The molecule has 1 aromatic heterocycles.